The van der Waals surface area contributed by atoms with E-state index in [-0.39, 0.29) is 24.3 Å². The lowest BCUT2D eigenvalue weighted by Gasteiger charge is -2.41. The zero-order chi connectivity index (χ0) is 21.8. The van der Waals surface area contributed by atoms with Gasteiger partial charge in [0.15, 0.2) is 5.82 Å². The summed E-state index contributed by atoms with van der Waals surface area (Å²) < 4.78 is 0. The first-order chi connectivity index (χ1) is 15.1. The summed E-state index contributed by atoms with van der Waals surface area (Å²) in [6.45, 7) is 6.55. The molecule has 0 spiro atoms. The number of aromatic nitrogens is 1. The standard InChI is InChI=1S/C25H35N4O2/c1-3-5-7-19(8-6-4-2)28-15-13-20(14-16-28)29-22-12-11-21(18-9-10-18)26-25(22)27-23(30)17-24(29)31/h9-12,19-20H,3-8,13-17H2,1-2H3,(H,26,27,30). The lowest BCUT2D eigenvalue weighted by atomic mass is 9.96. The summed E-state index contributed by atoms with van der Waals surface area (Å²) in [5.74, 6) is 0.125. The summed E-state index contributed by atoms with van der Waals surface area (Å²) in [4.78, 5) is 34.5. The lowest BCUT2D eigenvalue weighted by molar-refractivity contribution is -0.125. The second-order valence-corrected chi connectivity index (χ2v) is 9.05. The minimum atomic E-state index is -0.274. The number of nitrogens with zero attached hydrogens (tertiary/aromatic N) is 3. The monoisotopic (exact) mass is 423 g/mol. The molecule has 3 aliphatic rings. The molecule has 0 bridgehead atoms. The van der Waals surface area contributed by atoms with Crippen LogP contribution < -0.4 is 10.2 Å². The Morgan fingerprint density at radius 2 is 1.77 bits per heavy atom. The molecule has 31 heavy (non-hydrogen) atoms. The summed E-state index contributed by atoms with van der Waals surface area (Å²) in [5.41, 5.74) is 2.67. The van der Waals surface area contributed by atoms with Crippen molar-refractivity contribution in [2.45, 2.75) is 83.7 Å². The molecule has 1 N–H and O–H groups in total. The molecule has 3 heterocycles. The van der Waals surface area contributed by atoms with Crippen molar-refractivity contribution in [3.05, 3.63) is 30.3 Å². The predicted molar refractivity (Wildman–Crippen MR) is 125 cm³/mol. The molecular weight excluding hydrogens is 388 g/mol. The minimum absolute atomic E-state index is 0.115. The van der Waals surface area contributed by atoms with Gasteiger partial charge in [-0.05, 0) is 43.4 Å². The second-order valence-electron chi connectivity index (χ2n) is 9.05. The summed E-state index contributed by atoms with van der Waals surface area (Å²) in [6.07, 6.45) is 13.3. The van der Waals surface area contributed by atoms with Crippen LogP contribution in [0.1, 0.15) is 77.3 Å². The van der Waals surface area contributed by atoms with Crippen molar-refractivity contribution in [1.29, 1.82) is 0 Å². The highest BCUT2D eigenvalue weighted by Crippen LogP contribution is 2.36. The van der Waals surface area contributed by atoms with Crippen LogP contribution in [0.2, 0.25) is 0 Å². The Bertz CT molecular complexity index is 834. The van der Waals surface area contributed by atoms with Crippen molar-refractivity contribution in [2.24, 2.45) is 0 Å². The molecule has 1 aromatic rings. The normalized spacial score (nSPS) is 19.8. The van der Waals surface area contributed by atoms with Crippen molar-refractivity contribution in [1.82, 2.24) is 9.88 Å². The SMILES string of the molecule is CCCCC(CCCC)N1CCC(N2C(=O)CC(=O)Nc3nc(C4=C[CH]4)ccc32)CC1. The number of nitrogens with one attached hydrogen (secondary N) is 1. The third-order valence-corrected chi connectivity index (χ3v) is 6.76. The number of allylic oxidation sites excluding steroid dienone is 2. The van der Waals surface area contributed by atoms with Gasteiger partial charge in [0.25, 0.3) is 0 Å². The van der Waals surface area contributed by atoms with Crippen LogP contribution in [0.3, 0.4) is 0 Å². The highest BCUT2D eigenvalue weighted by atomic mass is 16.2. The lowest BCUT2D eigenvalue weighted by Crippen LogP contribution is -2.50. The molecule has 2 aliphatic heterocycles. The molecule has 4 rings (SSSR count). The topological polar surface area (TPSA) is 65.5 Å². The predicted octanol–water partition coefficient (Wildman–Crippen LogP) is 4.57. The zero-order valence-corrected chi connectivity index (χ0v) is 18.9. The van der Waals surface area contributed by atoms with Crippen LogP contribution >= 0.6 is 0 Å². The van der Waals surface area contributed by atoms with Gasteiger partial charge >= 0.3 is 0 Å². The smallest absolute Gasteiger partial charge is 0.236 e. The maximum absolute atomic E-state index is 13.0. The van der Waals surface area contributed by atoms with Gasteiger partial charge in [0.2, 0.25) is 11.8 Å². The molecular formula is C25H35N4O2. The van der Waals surface area contributed by atoms with Gasteiger partial charge in [-0.25, -0.2) is 4.98 Å². The highest BCUT2D eigenvalue weighted by Gasteiger charge is 2.35. The van der Waals surface area contributed by atoms with Crippen LogP contribution in [0, 0.1) is 6.42 Å². The average molecular weight is 424 g/mol. The largest absolute Gasteiger partial charge is 0.308 e. The van der Waals surface area contributed by atoms with Gasteiger partial charge in [0.1, 0.15) is 6.42 Å². The first kappa shape index (κ1) is 22.0. The molecule has 1 fully saturated rings. The van der Waals surface area contributed by atoms with Crippen LogP contribution in [-0.4, -0.2) is 46.9 Å². The summed E-state index contributed by atoms with van der Waals surface area (Å²) >= 11 is 0. The van der Waals surface area contributed by atoms with Crippen LogP contribution in [0.4, 0.5) is 11.5 Å². The third-order valence-electron chi connectivity index (χ3n) is 6.76. The molecule has 1 aliphatic carbocycles. The molecule has 0 aromatic carbocycles. The molecule has 0 unspecified atom stereocenters. The number of amides is 2. The molecule has 167 valence electrons. The molecule has 0 saturated carbocycles. The van der Waals surface area contributed by atoms with Crippen molar-refractivity contribution >= 4 is 28.9 Å². The van der Waals surface area contributed by atoms with Crippen molar-refractivity contribution < 1.29 is 9.59 Å². The Hall–Kier alpha value is -2.21. The molecule has 2 amide bonds. The Morgan fingerprint density at radius 1 is 1.10 bits per heavy atom. The van der Waals surface area contributed by atoms with Gasteiger partial charge in [0.05, 0.1) is 11.4 Å². The van der Waals surface area contributed by atoms with E-state index in [1.165, 1.54) is 38.5 Å². The number of unbranched alkanes of at least 4 members (excludes halogenated alkanes) is 2. The van der Waals surface area contributed by atoms with Gasteiger partial charge < -0.3 is 15.1 Å². The number of pyridine rings is 1. The van der Waals surface area contributed by atoms with Gasteiger partial charge in [-0.3, -0.25) is 9.59 Å². The average Bonchev–Trinajstić information content (AvgIpc) is 3.61. The van der Waals surface area contributed by atoms with E-state index in [1.807, 2.05) is 29.5 Å². The van der Waals surface area contributed by atoms with Gasteiger partial charge in [-0.1, -0.05) is 45.6 Å². The summed E-state index contributed by atoms with van der Waals surface area (Å²) in [6, 6.07) is 4.68. The summed E-state index contributed by atoms with van der Waals surface area (Å²) in [7, 11) is 0. The number of fused-ring (bicyclic) bond motifs is 1. The fourth-order valence-corrected chi connectivity index (χ4v) is 4.94. The first-order valence-corrected chi connectivity index (χ1v) is 12.0. The van der Waals surface area contributed by atoms with Crippen LogP contribution in [0.25, 0.3) is 5.57 Å². The number of rotatable bonds is 9. The summed E-state index contributed by atoms with van der Waals surface area (Å²) in [5, 5.41) is 2.85. The Balaban J connectivity index is 1.48. The van der Waals surface area contributed by atoms with Crippen molar-refractivity contribution in [3.63, 3.8) is 0 Å². The molecule has 6 heteroatoms. The number of likely N-dealkylation sites (tertiary alicyclic amines) is 1. The Kier molecular flexibility index (Phi) is 7.06. The highest BCUT2D eigenvalue weighted by molar-refractivity contribution is 6.14. The number of carbonyl (C=O) groups excluding carboxylic acids is 2. The third kappa shape index (κ3) is 5.17. The Labute approximate surface area is 186 Å². The molecule has 1 saturated heterocycles. The van der Waals surface area contributed by atoms with Crippen LogP contribution in [0.5, 0.6) is 0 Å². The zero-order valence-electron chi connectivity index (χ0n) is 18.9. The van der Waals surface area contributed by atoms with E-state index in [9.17, 15) is 9.59 Å². The number of hydrogen-bond donors (Lipinski definition) is 1. The van der Waals surface area contributed by atoms with E-state index < -0.39 is 0 Å². The number of carbonyl (C=O) groups is 2. The van der Waals surface area contributed by atoms with Crippen molar-refractivity contribution in [2.75, 3.05) is 23.3 Å². The maximum atomic E-state index is 13.0. The van der Waals surface area contributed by atoms with E-state index in [4.69, 9.17) is 0 Å². The fraction of sp³-hybridized carbons (Fsp3) is 0.600. The molecule has 1 aromatic heterocycles. The first-order valence-electron chi connectivity index (χ1n) is 12.0. The molecule has 6 nitrogen and oxygen atoms in total. The second kappa shape index (κ2) is 9.94. The fourth-order valence-electron chi connectivity index (χ4n) is 4.94. The molecule has 1 radical (unpaired) electrons. The molecule has 0 atom stereocenters. The number of hydrogen-bond acceptors (Lipinski definition) is 4. The quantitative estimate of drug-likeness (QED) is 0.591. The number of piperidine rings is 1. The Morgan fingerprint density at radius 3 is 2.39 bits per heavy atom. The van der Waals surface area contributed by atoms with E-state index in [0.717, 1.165) is 42.9 Å². The minimum Gasteiger partial charge on any atom is -0.308 e. The van der Waals surface area contributed by atoms with Crippen LogP contribution in [0.15, 0.2) is 18.2 Å². The van der Waals surface area contributed by atoms with E-state index in [1.54, 1.807) is 0 Å². The van der Waals surface area contributed by atoms with Crippen molar-refractivity contribution in [3.8, 4) is 0 Å². The number of anilines is 2. The van der Waals surface area contributed by atoms with Gasteiger partial charge in [-0.2, -0.15) is 0 Å². The van der Waals surface area contributed by atoms with Gasteiger partial charge in [-0.15, -0.1) is 0 Å². The van der Waals surface area contributed by atoms with E-state index in [2.05, 4.69) is 29.0 Å². The van der Waals surface area contributed by atoms with Crippen LogP contribution in [-0.2, 0) is 9.59 Å². The van der Waals surface area contributed by atoms with E-state index >= 15 is 0 Å². The van der Waals surface area contributed by atoms with Gasteiger partial charge in [0, 0.05) is 31.6 Å². The maximum Gasteiger partial charge on any atom is 0.236 e. The van der Waals surface area contributed by atoms with E-state index in [0.29, 0.717) is 11.9 Å².